The van der Waals surface area contributed by atoms with Crippen LogP contribution in [0.25, 0.3) is 0 Å². The number of allylic oxidation sites excluding steroid dienone is 4. The van der Waals surface area contributed by atoms with Gasteiger partial charge in [0.15, 0.2) is 6.10 Å². The second kappa shape index (κ2) is 72.4. The van der Waals surface area contributed by atoms with Gasteiger partial charge < -0.3 is 14.2 Å². The van der Waals surface area contributed by atoms with Crippen LogP contribution in [0.1, 0.15) is 432 Å². The molecule has 0 aromatic rings. The van der Waals surface area contributed by atoms with Crippen molar-refractivity contribution in [1.29, 1.82) is 0 Å². The Balaban J connectivity index is 4.17. The maximum atomic E-state index is 13.0. The van der Waals surface area contributed by atoms with Crippen LogP contribution in [-0.2, 0) is 28.6 Å². The highest BCUT2D eigenvalue weighted by atomic mass is 16.6. The fourth-order valence-corrected chi connectivity index (χ4v) is 11.7. The third-order valence-electron chi connectivity index (χ3n) is 17.4. The van der Waals surface area contributed by atoms with E-state index in [9.17, 15) is 14.4 Å². The lowest BCUT2D eigenvalue weighted by molar-refractivity contribution is -0.167. The van der Waals surface area contributed by atoms with Gasteiger partial charge in [0.25, 0.3) is 0 Å². The molecular formula is C77H146O6. The summed E-state index contributed by atoms with van der Waals surface area (Å²) in [5.74, 6) is -0.845. The molecule has 6 heteroatoms. The van der Waals surface area contributed by atoms with Gasteiger partial charge in [-0.1, -0.05) is 366 Å². The second-order valence-corrected chi connectivity index (χ2v) is 25.9. The minimum atomic E-state index is -0.774. The first-order valence-corrected chi connectivity index (χ1v) is 37.8. The molecule has 83 heavy (non-hydrogen) atoms. The summed E-state index contributed by atoms with van der Waals surface area (Å²) in [7, 11) is 0. The molecule has 1 atom stereocenters. The van der Waals surface area contributed by atoms with Gasteiger partial charge in [0.05, 0.1) is 0 Å². The van der Waals surface area contributed by atoms with Crippen LogP contribution < -0.4 is 0 Å². The molecule has 0 amide bonds. The molecule has 6 nitrogen and oxygen atoms in total. The minimum Gasteiger partial charge on any atom is -0.462 e. The quantitative estimate of drug-likeness (QED) is 0.0261. The van der Waals surface area contributed by atoms with Crippen LogP contribution in [0.15, 0.2) is 24.3 Å². The van der Waals surface area contributed by atoms with Crippen LogP contribution in [0.5, 0.6) is 0 Å². The summed E-state index contributed by atoms with van der Waals surface area (Å²) in [6.07, 6.45) is 89.5. The number of hydrogen-bond donors (Lipinski definition) is 0. The first kappa shape index (κ1) is 80.9. The van der Waals surface area contributed by atoms with Gasteiger partial charge in [0.2, 0.25) is 0 Å². The SMILES string of the molecule is CCCCCCCC/C=C\CCCCCCCCCC(=O)OCC(COC(=O)CCCCCCCCCCCCCCCCCCCCCCCCCCCCCCCCC)OC(=O)CCCCCCCCC/C=C\CCCCCCCC. The highest BCUT2D eigenvalue weighted by Gasteiger charge is 2.20. The molecule has 0 N–H and O–H groups in total. The first-order valence-electron chi connectivity index (χ1n) is 37.8. The fourth-order valence-electron chi connectivity index (χ4n) is 11.7. The zero-order valence-corrected chi connectivity index (χ0v) is 56.5. The van der Waals surface area contributed by atoms with Gasteiger partial charge in [-0.2, -0.15) is 0 Å². The molecule has 0 aliphatic carbocycles. The van der Waals surface area contributed by atoms with Crippen LogP contribution in [0.3, 0.4) is 0 Å². The predicted molar refractivity (Wildman–Crippen MR) is 363 cm³/mol. The van der Waals surface area contributed by atoms with Crippen LogP contribution in [0, 0.1) is 0 Å². The monoisotopic (exact) mass is 1170 g/mol. The second-order valence-electron chi connectivity index (χ2n) is 25.9. The van der Waals surface area contributed by atoms with Crippen LogP contribution in [0.4, 0.5) is 0 Å². The number of hydrogen-bond acceptors (Lipinski definition) is 6. The normalized spacial score (nSPS) is 12.1. The molecule has 0 aromatic carbocycles. The molecule has 490 valence electrons. The van der Waals surface area contributed by atoms with Crippen molar-refractivity contribution in [2.24, 2.45) is 0 Å². The van der Waals surface area contributed by atoms with E-state index in [0.29, 0.717) is 19.3 Å². The molecule has 0 spiro atoms. The Kier molecular flexibility index (Phi) is 70.5. The van der Waals surface area contributed by atoms with E-state index in [0.717, 1.165) is 57.8 Å². The largest absolute Gasteiger partial charge is 0.462 e. The average Bonchev–Trinajstić information content (AvgIpc) is 3.50. The van der Waals surface area contributed by atoms with Crippen molar-refractivity contribution in [1.82, 2.24) is 0 Å². The summed E-state index contributed by atoms with van der Waals surface area (Å²) in [6, 6.07) is 0. The number of carbonyl (C=O) groups is 3. The van der Waals surface area contributed by atoms with Crippen molar-refractivity contribution < 1.29 is 28.6 Å². The summed E-state index contributed by atoms with van der Waals surface area (Å²) in [6.45, 7) is 6.71. The minimum absolute atomic E-state index is 0.0688. The predicted octanol–water partition coefficient (Wildman–Crippen LogP) is 26.1. The van der Waals surface area contributed by atoms with Gasteiger partial charge >= 0.3 is 17.9 Å². The molecule has 1 unspecified atom stereocenters. The molecule has 0 aliphatic rings. The van der Waals surface area contributed by atoms with Crippen LogP contribution >= 0.6 is 0 Å². The molecule has 0 saturated heterocycles. The van der Waals surface area contributed by atoms with Gasteiger partial charge in [0, 0.05) is 19.3 Å². The molecule has 0 bridgehead atoms. The molecule has 0 radical (unpaired) electrons. The van der Waals surface area contributed by atoms with E-state index in [2.05, 4.69) is 45.1 Å². The van der Waals surface area contributed by atoms with Crippen molar-refractivity contribution >= 4 is 17.9 Å². The smallest absolute Gasteiger partial charge is 0.306 e. The summed E-state index contributed by atoms with van der Waals surface area (Å²) in [4.78, 5) is 38.5. The molecule has 0 saturated carbocycles. The van der Waals surface area contributed by atoms with E-state index < -0.39 is 6.10 Å². The standard InChI is InChI=1S/C77H146O6/c1-4-7-10-13-16-19-22-25-28-31-32-33-34-35-36-37-38-39-40-41-42-43-44-47-49-52-55-58-61-64-67-70-76(79)82-73-74(83-77(80)71-68-65-62-59-56-53-50-46-30-27-24-21-18-15-12-9-6-3)72-81-75(78)69-66-63-60-57-54-51-48-45-29-26-23-20-17-14-11-8-5-2/h26-27,29-30,74H,4-25,28,31-73H2,1-3H3/b29-26-,30-27-. The topological polar surface area (TPSA) is 78.9 Å². The summed E-state index contributed by atoms with van der Waals surface area (Å²) >= 11 is 0. The summed E-state index contributed by atoms with van der Waals surface area (Å²) in [5.41, 5.74) is 0. The lowest BCUT2D eigenvalue weighted by Gasteiger charge is -2.18. The van der Waals surface area contributed by atoms with Crippen molar-refractivity contribution in [2.75, 3.05) is 13.2 Å². The fraction of sp³-hybridized carbons (Fsp3) is 0.909. The molecule has 0 fully saturated rings. The Morgan fingerprint density at radius 2 is 0.398 bits per heavy atom. The van der Waals surface area contributed by atoms with Crippen molar-refractivity contribution in [3.8, 4) is 0 Å². The number of rotatable bonds is 71. The lowest BCUT2D eigenvalue weighted by atomic mass is 10.0. The number of unbranched alkanes of at least 4 members (excludes halogenated alkanes) is 56. The van der Waals surface area contributed by atoms with Gasteiger partial charge in [-0.25, -0.2) is 0 Å². The Morgan fingerprint density at radius 1 is 0.229 bits per heavy atom. The van der Waals surface area contributed by atoms with E-state index in [1.54, 1.807) is 0 Å². The summed E-state index contributed by atoms with van der Waals surface area (Å²) < 4.78 is 17.0. The Bertz CT molecular complexity index is 1340. The van der Waals surface area contributed by atoms with E-state index >= 15 is 0 Å². The average molecular weight is 1170 g/mol. The third kappa shape index (κ3) is 70.5. The lowest BCUT2D eigenvalue weighted by Crippen LogP contribution is -2.30. The molecule has 0 rings (SSSR count). The van der Waals surface area contributed by atoms with E-state index in [-0.39, 0.29) is 31.1 Å². The highest BCUT2D eigenvalue weighted by molar-refractivity contribution is 5.71. The number of carbonyl (C=O) groups excluding carboxylic acids is 3. The summed E-state index contributed by atoms with van der Waals surface area (Å²) in [5, 5.41) is 0. The highest BCUT2D eigenvalue weighted by Crippen LogP contribution is 2.19. The maximum absolute atomic E-state index is 13.0. The zero-order valence-electron chi connectivity index (χ0n) is 56.5. The maximum Gasteiger partial charge on any atom is 0.306 e. The third-order valence-corrected chi connectivity index (χ3v) is 17.4. The van der Waals surface area contributed by atoms with E-state index in [1.807, 2.05) is 0 Å². The first-order chi connectivity index (χ1) is 41.0. The molecule has 0 aromatic heterocycles. The molecule has 0 aliphatic heterocycles. The van der Waals surface area contributed by atoms with Crippen molar-refractivity contribution in [3.63, 3.8) is 0 Å². The van der Waals surface area contributed by atoms with Gasteiger partial charge in [0.1, 0.15) is 13.2 Å². The van der Waals surface area contributed by atoms with Crippen molar-refractivity contribution in [2.45, 2.75) is 438 Å². The Morgan fingerprint density at radius 3 is 0.602 bits per heavy atom. The van der Waals surface area contributed by atoms with Crippen molar-refractivity contribution in [3.05, 3.63) is 24.3 Å². The Labute approximate surface area is 519 Å². The van der Waals surface area contributed by atoms with Crippen LogP contribution in [-0.4, -0.2) is 37.2 Å². The van der Waals surface area contributed by atoms with Gasteiger partial charge in [-0.3, -0.25) is 14.4 Å². The molecular weight excluding hydrogens is 1020 g/mol. The molecule has 0 heterocycles. The van der Waals surface area contributed by atoms with E-state index in [1.165, 1.54) is 334 Å². The Hall–Kier alpha value is -2.11. The van der Waals surface area contributed by atoms with E-state index in [4.69, 9.17) is 14.2 Å². The number of ether oxygens (including phenoxy) is 3. The van der Waals surface area contributed by atoms with Gasteiger partial charge in [-0.15, -0.1) is 0 Å². The van der Waals surface area contributed by atoms with Gasteiger partial charge in [-0.05, 0) is 70.6 Å². The van der Waals surface area contributed by atoms with Crippen LogP contribution in [0.2, 0.25) is 0 Å². The zero-order chi connectivity index (χ0) is 59.9. The number of esters is 3.